The normalized spacial score (nSPS) is 10.4. The molecule has 0 fully saturated rings. The maximum absolute atomic E-state index is 10.8. The Morgan fingerprint density at radius 1 is 1.03 bits per heavy atom. The molecule has 0 unspecified atom stereocenters. The summed E-state index contributed by atoms with van der Waals surface area (Å²) in [4.78, 5) is 10.4. The SMILES string of the molecule is C=CCc1cc(CNc2ccc(CC)cc2)cc(OC)c1OCc1ccc([N+](=O)[O-])cc1. The van der Waals surface area contributed by atoms with Gasteiger partial charge in [0.15, 0.2) is 11.5 Å². The molecule has 0 bridgehead atoms. The first-order valence-corrected chi connectivity index (χ1v) is 10.5. The van der Waals surface area contributed by atoms with Crippen molar-refractivity contribution in [3.05, 3.63) is 106 Å². The third kappa shape index (κ3) is 5.88. The number of rotatable bonds is 11. The first-order chi connectivity index (χ1) is 15.5. The van der Waals surface area contributed by atoms with Crippen LogP contribution in [0.2, 0.25) is 0 Å². The molecule has 6 nitrogen and oxygen atoms in total. The fourth-order valence-electron chi connectivity index (χ4n) is 3.38. The van der Waals surface area contributed by atoms with E-state index in [0.717, 1.165) is 28.8 Å². The first kappa shape index (κ1) is 22.9. The Morgan fingerprint density at radius 3 is 2.31 bits per heavy atom. The number of methoxy groups -OCH3 is 1. The van der Waals surface area contributed by atoms with Gasteiger partial charge in [0, 0.05) is 29.9 Å². The van der Waals surface area contributed by atoms with E-state index in [1.54, 1.807) is 19.2 Å². The summed E-state index contributed by atoms with van der Waals surface area (Å²) in [5.74, 6) is 1.30. The molecule has 0 aliphatic rings. The quantitative estimate of drug-likeness (QED) is 0.226. The lowest BCUT2D eigenvalue weighted by molar-refractivity contribution is -0.384. The molecule has 3 rings (SSSR count). The second kappa shape index (κ2) is 11.0. The van der Waals surface area contributed by atoms with E-state index in [9.17, 15) is 10.1 Å². The van der Waals surface area contributed by atoms with E-state index in [1.807, 2.05) is 12.1 Å². The highest BCUT2D eigenvalue weighted by Crippen LogP contribution is 2.34. The lowest BCUT2D eigenvalue weighted by Gasteiger charge is -2.17. The summed E-state index contributed by atoms with van der Waals surface area (Å²) in [6.07, 6.45) is 3.48. The first-order valence-electron chi connectivity index (χ1n) is 10.5. The van der Waals surface area contributed by atoms with Gasteiger partial charge in [-0.25, -0.2) is 0 Å². The molecule has 0 aliphatic heterocycles. The molecular weight excluding hydrogens is 404 g/mol. The summed E-state index contributed by atoms with van der Waals surface area (Å²) in [5.41, 5.74) is 5.30. The zero-order valence-corrected chi connectivity index (χ0v) is 18.5. The molecule has 1 N–H and O–H groups in total. The van der Waals surface area contributed by atoms with Crippen LogP contribution in [0.4, 0.5) is 11.4 Å². The standard InChI is InChI=1S/C26H28N2O4/c1-4-6-22-15-21(17-27-23-11-7-19(5-2)8-12-23)16-25(31-3)26(22)32-18-20-9-13-24(14-10-20)28(29)30/h4,7-16,27H,1,5-6,17-18H2,2-3H3. The minimum absolute atomic E-state index is 0.0554. The van der Waals surface area contributed by atoms with Gasteiger partial charge in [0.2, 0.25) is 0 Å². The van der Waals surface area contributed by atoms with Crippen LogP contribution in [0, 0.1) is 10.1 Å². The summed E-state index contributed by atoms with van der Waals surface area (Å²) in [7, 11) is 1.62. The molecule has 0 spiro atoms. The third-order valence-electron chi connectivity index (χ3n) is 5.16. The van der Waals surface area contributed by atoms with Gasteiger partial charge in [-0.3, -0.25) is 10.1 Å². The number of benzene rings is 3. The number of allylic oxidation sites excluding steroid dienone is 1. The van der Waals surface area contributed by atoms with Gasteiger partial charge in [-0.05, 0) is 65.9 Å². The van der Waals surface area contributed by atoms with Crippen LogP contribution in [-0.2, 0) is 26.0 Å². The number of hydrogen-bond donors (Lipinski definition) is 1. The lowest BCUT2D eigenvalue weighted by Crippen LogP contribution is -2.05. The number of nitro groups is 1. The van der Waals surface area contributed by atoms with Crippen molar-refractivity contribution in [2.24, 2.45) is 0 Å². The second-order valence-electron chi connectivity index (χ2n) is 7.40. The largest absolute Gasteiger partial charge is 0.493 e. The summed E-state index contributed by atoms with van der Waals surface area (Å²) >= 11 is 0. The Balaban J connectivity index is 1.76. The van der Waals surface area contributed by atoms with Crippen LogP contribution < -0.4 is 14.8 Å². The van der Waals surface area contributed by atoms with Crippen molar-refractivity contribution in [1.82, 2.24) is 0 Å². The lowest BCUT2D eigenvalue weighted by atomic mass is 10.0. The molecule has 3 aromatic rings. The Hall–Kier alpha value is -3.80. The minimum Gasteiger partial charge on any atom is -0.493 e. The summed E-state index contributed by atoms with van der Waals surface area (Å²) in [6.45, 7) is 6.93. The number of nitrogens with zero attached hydrogens (tertiary/aromatic N) is 1. The van der Waals surface area contributed by atoms with Crippen molar-refractivity contribution in [2.75, 3.05) is 12.4 Å². The highest BCUT2D eigenvalue weighted by molar-refractivity contribution is 5.52. The van der Waals surface area contributed by atoms with Crippen LogP contribution in [0.3, 0.4) is 0 Å². The monoisotopic (exact) mass is 432 g/mol. The number of nitro benzene ring substituents is 1. The smallest absolute Gasteiger partial charge is 0.269 e. The fourth-order valence-corrected chi connectivity index (χ4v) is 3.38. The predicted octanol–water partition coefficient (Wildman–Crippen LogP) is 6.09. The number of anilines is 1. The molecule has 166 valence electrons. The highest BCUT2D eigenvalue weighted by atomic mass is 16.6. The average molecular weight is 433 g/mol. The molecule has 0 heterocycles. The van der Waals surface area contributed by atoms with Crippen molar-refractivity contribution in [2.45, 2.75) is 32.9 Å². The van der Waals surface area contributed by atoms with Gasteiger partial charge in [-0.2, -0.15) is 0 Å². The van der Waals surface area contributed by atoms with E-state index in [2.05, 4.69) is 49.2 Å². The molecule has 6 heteroatoms. The average Bonchev–Trinajstić information content (AvgIpc) is 2.82. The van der Waals surface area contributed by atoms with E-state index in [0.29, 0.717) is 24.5 Å². The van der Waals surface area contributed by atoms with Crippen LogP contribution in [0.25, 0.3) is 0 Å². The van der Waals surface area contributed by atoms with Gasteiger partial charge >= 0.3 is 0 Å². The van der Waals surface area contributed by atoms with Gasteiger partial charge in [0.05, 0.1) is 12.0 Å². The van der Waals surface area contributed by atoms with Gasteiger partial charge in [-0.1, -0.05) is 25.1 Å². The zero-order valence-electron chi connectivity index (χ0n) is 18.5. The molecular formula is C26H28N2O4. The Kier molecular flexibility index (Phi) is 7.86. The summed E-state index contributed by atoms with van der Waals surface area (Å²) in [5, 5.41) is 14.3. The van der Waals surface area contributed by atoms with Crippen molar-refractivity contribution in [3.63, 3.8) is 0 Å². The van der Waals surface area contributed by atoms with Gasteiger partial charge < -0.3 is 14.8 Å². The van der Waals surface area contributed by atoms with Crippen LogP contribution >= 0.6 is 0 Å². The van der Waals surface area contributed by atoms with Gasteiger partial charge in [-0.15, -0.1) is 6.58 Å². The highest BCUT2D eigenvalue weighted by Gasteiger charge is 2.14. The molecule has 0 saturated heterocycles. The van der Waals surface area contributed by atoms with Crippen molar-refractivity contribution >= 4 is 11.4 Å². The summed E-state index contributed by atoms with van der Waals surface area (Å²) in [6, 6.07) is 18.8. The van der Waals surface area contributed by atoms with E-state index >= 15 is 0 Å². The number of nitrogens with one attached hydrogen (secondary N) is 1. The molecule has 0 amide bonds. The molecule has 0 radical (unpaired) electrons. The minimum atomic E-state index is -0.416. The molecule has 3 aromatic carbocycles. The van der Waals surface area contributed by atoms with Crippen molar-refractivity contribution in [3.8, 4) is 11.5 Å². The molecule has 32 heavy (non-hydrogen) atoms. The number of non-ortho nitro benzene ring substituents is 1. The number of aryl methyl sites for hydroxylation is 1. The Morgan fingerprint density at radius 2 is 1.72 bits per heavy atom. The number of ether oxygens (including phenoxy) is 2. The van der Waals surface area contributed by atoms with Crippen molar-refractivity contribution < 1.29 is 14.4 Å². The van der Waals surface area contributed by atoms with Gasteiger partial charge in [0.25, 0.3) is 5.69 Å². The molecule has 0 aliphatic carbocycles. The van der Waals surface area contributed by atoms with E-state index < -0.39 is 4.92 Å². The van der Waals surface area contributed by atoms with Crippen LogP contribution in [0.5, 0.6) is 11.5 Å². The molecule has 0 aromatic heterocycles. The van der Waals surface area contributed by atoms with Crippen molar-refractivity contribution in [1.29, 1.82) is 0 Å². The fraction of sp³-hybridized carbons (Fsp3) is 0.231. The van der Waals surface area contributed by atoms with Crippen LogP contribution in [0.1, 0.15) is 29.2 Å². The van der Waals surface area contributed by atoms with E-state index in [4.69, 9.17) is 9.47 Å². The second-order valence-corrected chi connectivity index (χ2v) is 7.40. The topological polar surface area (TPSA) is 73.6 Å². The van der Waals surface area contributed by atoms with E-state index in [-0.39, 0.29) is 12.3 Å². The zero-order chi connectivity index (χ0) is 22.9. The number of hydrogen-bond acceptors (Lipinski definition) is 5. The van der Waals surface area contributed by atoms with Crippen LogP contribution in [0.15, 0.2) is 73.3 Å². The predicted molar refractivity (Wildman–Crippen MR) is 127 cm³/mol. The maximum Gasteiger partial charge on any atom is 0.269 e. The Bertz CT molecular complexity index is 1060. The summed E-state index contributed by atoms with van der Waals surface area (Å²) < 4.78 is 11.7. The molecule has 0 saturated carbocycles. The van der Waals surface area contributed by atoms with E-state index in [1.165, 1.54) is 17.7 Å². The Labute approximate surface area is 188 Å². The maximum atomic E-state index is 10.8. The third-order valence-corrected chi connectivity index (χ3v) is 5.16. The van der Waals surface area contributed by atoms with Crippen LogP contribution in [-0.4, -0.2) is 12.0 Å². The molecule has 0 atom stereocenters. The van der Waals surface area contributed by atoms with Gasteiger partial charge in [0.1, 0.15) is 6.61 Å².